The molecule has 0 aromatic heterocycles. The van der Waals surface area contributed by atoms with E-state index in [9.17, 15) is 29.3 Å². The first-order valence-corrected chi connectivity index (χ1v) is 17.5. The number of carbonyl (C=O) groups excluding carboxylic acids is 4. The van der Waals surface area contributed by atoms with E-state index in [1.165, 1.54) is 24.3 Å². The Morgan fingerprint density at radius 3 is 1.21 bits per heavy atom. The number of anilines is 1. The van der Waals surface area contributed by atoms with E-state index >= 15 is 0 Å². The molecule has 56 heavy (non-hydrogen) atoms. The standard InChI is InChI=1S/C44H34N4O8/c49-41(31-7-3-1-4-8-31)43(51)33-11-23-39(24-12-33)55-29-27-47(37-19-15-35(16-20-37)45-46-36-17-21-38(22-18-36)48(53)54)28-30-56-40-25-13-34(14-26-40)44(52)42(50)32-9-5-2-6-10-32/h1-26H,27-30H2. The summed E-state index contributed by atoms with van der Waals surface area (Å²) in [4.78, 5) is 63.2. The number of hydrogen-bond donors (Lipinski definition) is 0. The molecule has 0 N–H and O–H groups in total. The fourth-order valence-electron chi connectivity index (χ4n) is 5.51. The van der Waals surface area contributed by atoms with E-state index in [0.29, 0.717) is 47.1 Å². The molecule has 12 nitrogen and oxygen atoms in total. The molecule has 12 heteroatoms. The number of nitrogens with zero attached hydrogens (tertiary/aromatic N) is 4. The van der Waals surface area contributed by atoms with E-state index in [-0.39, 0.29) is 30.0 Å². The third-order valence-corrected chi connectivity index (χ3v) is 8.53. The molecular weight excluding hydrogens is 713 g/mol. The molecule has 0 amide bonds. The normalized spacial score (nSPS) is 10.8. The Hall–Kier alpha value is -7.60. The van der Waals surface area contributed by atoms with Gasteiger partial charge >= 0.3 is 0 Å². The van der Waals surface area contributed by atoms with E-state index < -0.39 is 28.1 Å². The summed E-state index contributed by atoms with van der Waals surface area (Å²) in [7, 11) is 0. The molecule has 0 aliphatic carbocycles. The summed E-state index contributed by atoms with van der Waals surface area (Å²) < 4.78 is 12.0. The molecule has 0 saturated carbocycles. The van der Waals surface area contributed by atoms with Gasteiger partial charge in [-0.3, -0.25) is 29.3 Å². The highest BCUT2D eigenvalue weighted by atomic mass is 16.6. The Balaban J connectivity index is 1.09. The van der Waals surface area contributed by atoms with Crippen molar-refractivity contribution >= 4 is 45.9 Å². The van der Waals surface area contributed by atoms with Gasteiger partial charge in [0.1, 0.15) is 24.7 Å². The first-order chi connectivity index (χ1) is 27.2. The SMILES string of the molecule is O=C(C(=O)c1ccc(OCCN(CCOc2ccc(C(=O)C(=O)c3ccccc3)cc2)c2ccc(N=Nc3ccc([N+](=O)[O-])cc3)cc2)cc1)c1ccccc1. The maximum absolute atomic E-state index is 12.7. The van der Waals surface area contributed by atoms with Crippen molar-refractivity contribution < 1.29 is 33.6 Å². The van der Waals surface area contributed by atoms with Crippen LogP contribution in [-0.4, -0.2) is 54.4 Å². The number of azo groups is 1. The van der Waals surface area contributed by atoms with Gasteiger partial charge in [0.25, 0.3) is 5.69 Å². The Morgan fingerprint density at radius 1 is 0.482 bits per heavy atom. The van der Waals surface area contributed by atoms with Crippen LogP contribution in [0.25, 0.3) is 0 Å². The van der Waals surface area contributed by atoms with Gasteiger partial charge in [-0.05, 0) is 84.9 Å². The minimum Gasteiger partial charge on any atom is -0.492 e. The van der Waals surface area contributed by atoms with Crippen LogP contribution in [0.3, 0.4) is 0 Å². The van der Waals surface area contributed by atoms with Crippen LogP contribution in [0.15, 0.2) is 168 Å². The molecule has 6 aromatic rings. The van der Waals surface area contributed by atoms with Gasteiger partial charge in [0.05, 0.1) is 29.4 Å². The van der Waals surface area contributed by atoms with Crippen molar-refractivity contribution in [3.8, 4) is 11.5 Å². The molecule has 0 aliphatic heterocycles. The van der Waals surface area contributed by atoms with Crippen LogP contribution in [0, 0.1) is 10.1 Å². The zero-order valence-corrected chi connectivity index (χ0v) is 29.9. The van der Waals surface area contributed by atoms with Crippen molar-refractivity contribution in [2.75, 3.05) is 31.2 Å². The lowest BCUT2D eigenvalue weighted by molar-refractivity contribution is -0.384. The Kier molecular flexibility index (Phi) is 12.6. The van der Waals surface area contributed by atoms with E-state index in [1.54, 1.807) is 121 Å². The molecule has 0 atom stereocenters. The highest BCUT2D eigenvalue weighted by molar-refractivity contribution is 6.49. The summed E-state index contributed by atoms with van der Waals surface area (Å²) in [5.74, 6) is -1.34. The van der Waals surface area contributed by atoms with E-state index in [4.69, 9.17) is 9.47 Å². The van der Waals surface area contributed by atoms with Crippen molar-refractivity contribution in [1.29, 1.82) is 0 Å². The average molecular weight is 747 g/mol. The van der Waals surface area contributed by atoms with Crippen LogP contribution in [-0.2, 0) is 0 Å². The predicted octanol–water partition coefficient (Wildman–Crippen LogP) is 9.11. The van der Waals surface area contributed by atoms with Crippen LogP contribution >= 0.6 is 0 Å². The fraction of sp³-hybridized carbons (Fsp3) is 0.0909. The van der Waals surface area contributed by atoms with Gasteiger partial charge in [0, 0.05) is 40.1 Å². The Bertz CT molecular complexity index is 2220. The number of nitro groups is 1. The lowest BCUT2D eigenvalue weighted by atomic mass is 10.0. The van der Waals surface area contributed by atoms with Crippen molar-refractivity contribution in [3.63, 3.8) is 0 Å². The molecule has 6 rings (SSSR count). The maximum atomic E-state index is 12.7. The number of benzene rings is 6. The van der Waals surface area contributed by atoms with Crippen LogP contribution in [0.2, 0.25) is 0 Å². The summed E-state index contributed by atoms with van der Waals surface area (Å²) in [5, 5.41) is 19.4. The van der Waals surface area contributed by atoms with Crippen LogP contribution in [0.4, 0.5) is 22.7 Å². The first-order valence-electron chi connectivity index (χ1n) is 17.5. The molecule has 0 unspecified atom stereocenters. The zero-order chi connectivity index (χ0) is 39.3. The third-order valence-electron chi connectivity index (χ3n) is 8.53. The molecule has 0 bridgehead atoms. The number of hydrogen-bond acceptors (Lipinski definition) is 11. The van der Waals surface area contributed by atoms with Gasteiger partial charge < -0.3 is 14.4 Å². The molecular formula is C44H34N4O8. The number of ketones is 4. The molecule has 0 spiro atoms. The molecule has 0 fully saturated rings. The second-order valence-corrected chi connectivity index (χ2v) is 12.3. The maximum Gasteiger partial charge on any atom is 0.269 e. The number of non-ortho nitro benzene ring substituents is 1. The van der Waals surface area contributed by atoms with Crippen LogP contribution in [0.1, 0.15) is 41.4 Å². The monoisotopic (exact) mass is 746 g/mol. The van der Waals surface area contributed by atoms with Gasteiger partial charge in [-0.15, -0.1) is 0 Å². The van der Waals surface area contributed by atoms with E-state index in [1.807, 2.05) is 17.0 Å². The first kappa shape index (κ1) is 38.1. The highest BCUT2D eigenvalue weighted by Crippen LogP contribution is 2.24. The van der Waals surface area contributed by atoms with Crippen molar-refractivity contribution in [3.05, 3.63) is 190 Å². The predicted molar refractivity (Wildman–Crippen MR) is 210 cm³/mol. The molecule has 278 valence electrons. The van der Waals surface area contributed by atoms with Gasteiger partial charge in [-0.2, -0.15) is 10.2 Å². The number of Topliss-reactive ketones (excluding diaryl/α,β-unsaturated/α-hetero) is 4. The average Bonchev–Trinajstić information content (AvgIpc) is 3.25. The fourth-order valence-corrected chi connectivity index (χ4v) is 5.51. The molecule has 0 heterocycles. The Labute approximate surface area is 321 Å². The van der Waals surface area contributed by atoms with Crippen LogP contribution in [0.5, 0.6) is 11.5 Å². The zero-order valence-electron chi connectivity index (χ0n) is 29.9. The number of rotatable bonds is 18. The summed E-state index contributed by atoms with van der Waals surface area (Å²) in [5.41, 5.74) is 3.01. The lowest BCUT2D eigenvalue weighted by Crippen LogP contribution is -2.32. The van der Waals surface area contributed by atoms with Gasteiger partial charge in [-0.25, -0.2) is 0 Å². The minimum atomic E-state index is -0.605. The summed E-state index contributed by atoms with van der Waals surface area (Å²) in [6, 6.07) is 42.7. The largest absolute Gasteiger partial charge is 0.492 e. The summed E-state index contributed by atoms with van der Waals surface area (Å²) in [6.07, 6.45) is 0. The lowest BCUT2D eigenvalue weighted by Gasteiger charge is -2.25. The molecule has 6 aromatic carbocycles. The van der Waals surface area contributed by atoms with E-state index in [2.05, 4.69) is 10.2 Å². The van der Waals surface area contributed by atoms with Crippen LogP contribution < -0.4 is 14.4 Å². The second-order valence-electron chi connectivity index (χ2n) is 12.3. The molecule has 0 radical (unpaired) electrons. The van der Waals surface area contributed by atoms with Gasteiger partial charge in [0.15, 0.2) is 0 Å². The van der Waals surface area contributed by atoms with Crippen molar-refractivity contribution in [2.45, 2.75) is 0 Å². The topological polar surface area (TPSA) is 158 Å². The summed E-state index contributed by atoms with van der Waals surface area (Å²) in [6.45, 7) is 1.42. The number of carbonyl (C=O) groups is 4. The van der Waals surface area contributed by atoms with Gasteiger partial charge in [0.2, 0.25) is 23.1 Å². The van der Waals surface area contributed by atoms with Gasteiger partial charge in [-0.1, -0.05) is 60.7 Å². The third kappa shape index (κ3) is 10.1. The van der Waals surface area contributed by atoms with Crippen molar-refractivity contribution in [1.82, 2.24) is 0 Å². The second kappa shape index (κ2) is 18.4. The number of nitro benzene ring substituents is 1. The summed E-state index contributed by atoms with van der Waals surface area (Å²) >= 11 is 0. The minimum absolute atomic E-state index is 0.0359. The quantitative estimate of drug-likeness (QED) is 0.0275. The van der Waals surface area contributed by atoms with Crippen molar-refractivity contribution in [2.24, 2.45) is 10.2 Å². The highest BCUT2D eigenvalue weighted by Gasteiger charge is 2.19. The van der Waals surface area contributed by atoms with E-state index in [0.717, 1.165) is 5.69 Å². The molecule has 0 saturated heterocycles. The number of ether oxygens (including phenoxy) is 2. The molecule has 0 aliphatic rings. The smallest absolute Gasteiger partial charge is 0.269 e. The Morgan fingerprint density at radius 2 is 0.839 bits per heavy atom.